The number of rotatable bonds is 5. The summed E-state index contributed by atoms with van der Waals surface area (Å²) in [6.07, 6.45) is -4.24. The smallest absolute Gasteiger partial charge is 0.416 e. The van der Waals surface area contributed by atoms with Crippen molar-refractivity contribution >= 4 is 39.2 Å². The van der Waals surface area contributed by atoms with Crippen LogP contribution in [0.2, 0.25) is 0 Å². The topological polar surface area (TPSA) is 51.2 Å². The first-order valence-corrected chi connectivity index (χ1v) is 8.62. The minimum absolute atomic E-state index is 0.141. The van der Waals surface area contributed by atoms with Gasteiger partial charge in [0.1, 0.15) is 17.4 Å². The molecule has 4 nitrogen and oxygen atoms in total. The van der Waals surface area contributed by atoms with Crippen LogP contribution >= 0.6 is 23.1 Å². The van der Waals surface area contributed by atoms with Gasteiger partial charge in [-0.15, -0.1) is 11.3 Å². The summed E-state index contributed by atoms with van der Waals surface area (Å²) < 4.78 is 44.5. The predicted molar refractivity (Wildman–Crippen MR) is 93.1 cm³/mol. The van der Waals surface area contributed by atoms with Crippen LogP contribution in [0, 0.1) is 0 Å². The molecule has 0 saturated heterocycles. The molecule has 1 N–H and O–H groups in total. The molecule has 1 amide bonds. The summed E-state index contributed by atoms with van der Waals surface area (Å²) in [6.45, 7) is 0.141. The summed E-state index contributed by atoms with van der Waals surface area (Å²) in [5.41, 5.74) is 0.348. The van der Waals surface area contributed by atoms with E-state index in [1.807, 2.05) is 4.84 Å². The summed E-state index contributed by atoms with van der Waals surface area (Å²) >= 11 is 6.51. The zero-order chi connectivity index (χ0) is 18.7. The fourth-order valence-corrected chi connectivity index (χ4v) is 3.21. The van der Waals surface area contributed by atoms with Gasteiger partial charge in [-0.3, -0.25) is 9.63 Å². The molecule has 0 fully saturated rings. The van der Waals surface area contributed by atoms with Gasteiger partial charge in [0.25, 0.3) is 0 Å². The van der Waals surface area contributed by atoms with Crippen molar-refractivity contribution in [1.82, 2.24) is 9.82 Å². The average Bonchev–Trinajstić information content (AvgIpc) is 3.02. The number of nitrogens with zero attached hydrogens (tertiary/aromatic N) is 1. The van der Waals surface area contributed by atoms with Crippen LogP contribution in [0.25, 0.3) is 10.2 Å². The molecule has 1 aromatic heterocycles. The number of ether oxygens (including phenoxy) is 1. The Morgan fingerprint density at radius 3 is 2.58 bits per heavy atom. The van der Waals surface area contributed by atoms with E-state index in [4.69, 9.17) is 16.5 Å². The SMILES string of the molecule is O=C(Cc1ccc(OCc2nc3cc(C(F)(F)F)ccc3s2)cc1)NCl. The monoisotopic (exact) mass is 400 g/mol. The molecule has 0 spiro atoms. The van der Waals surface area contributed by atoms with Crippen LogP contribution in [0.4, 0.5) is 13.2 Å². The number of fused-ring (bicyclic) bond motifs is 1. The Hall–Kier alpha value is -2.32. The molecule has 3 rings (SSSR count). The summed E-state index contributed by atoms with van der Waals surface area (Å²) in [6, 6.07) is 10.4. The van der Waals surface area contributed by atoms with E-state index < -0.39 is 11.7 Å². The normalized spacial score (nSPS) is 11.5. The van der Waals surface area contributed by atoms with Crippen molar-refractivity contribution in [2.45, 2.75) is 19.2 Å². The Balaban J connectivity index is 1.67. The van der Waals surface area contributed by atoms with Crippen molar-refractivity contribution in [2.75, 3.05) is 0 Å². The summed E-state index contributed by atoms with van der Waals surface area (Å²) in [7, 11) is 0. The maximum atomic E-state index is 12.7. The number of benzene rings is 2. The van der Waals surface area contributed by atoms with Crippen LogP contribution in [-0.2, 0) is 24.0 Å². The van der Waals surface area contributed by atoms with E-state index in [0.29, 0.717) is 21.0 Å². The highest BCUT2D eigenvalue weighted by Gasteiger charge is 2.30. The lowest BCUT2D eigenvalue weighted by Gasteiger charge is -2.05. The molecular formula is C17H12ClF3N2O2S. The predicted octanol–water partition coefficient (Wildman–Crippen LogP) is 4.71. The van der Waals surface area contributed by atoms with Crippen LogP contribution in [0.1, 0.15) is 16.1 Å². The number of thiazole rings is 1. The lowest BCUT2D eigenvalue weighted by molar-refractivity contribution is -0.137. The van der Waals surface area contributed by atoms with Gasteiger partial charge < -0.3 is 4.74 Å². The van der Waals surface area contributed by atoms with Crippen molar-refractivity contribution in [2.24, 2.45) is 0 Å². The van der Waals surface area contributed by atoms with Gasteiger partial charge in [-0.05, 0) is 35.9 Å². The number of amides is 1. The Bertz CT molecular complexity index is 926. The summed E-state index contributed by atoms with van der Waals surface area (Å²) in [4.78, 5) is 17.4. The van der Waals surface area contributed by atoms with E-state index in [9.17, 15) is 18.0 Å². The first-order chi connectivity index (χ1) is 12.3. The molecule has 26 heavy (non-hydrogen) atoms. The first-order valence-electron chi connectivity index (χ1n) is 7.43. The number of hydrogen-bond donors (Lipinski definition) is 1. The third-order valence-corrected chi connectivity index (χ3v) is 4.74. The van der Waals surface area contributed by atoms with Crippen LogP contribution in [0.3, 0.4) is 0 Å². The van der Waals surface area contributed by atoms with Gasteiger partial charge in [-0.1, -0.05) is 12.1 Å². The molecule has 0 radical (unpaired) electrons. The number of carbonyl (C=O) groups is 1. The fraction of sp³-hybridized carbons (Fsp3) is 0.176. The van der Waals surface area contributed by atoms with Gasteiger partial charge in [0.15, 0.2) is 0 Å². The maximum Gasteiger partial charge on any atom is 0.416 e. The maximum absolute atomic E-state index is 12.7. The zero-order valence-corrected chi connectivity index (χ0v) is 14.7. The van der Waals surface area contributed by atoms with E-state index in [2.05, 4.69) is 4.98 Å². The molecular weight excluding hydrogens is 389 g/mol. The van der Waals surface area contributed by atoms with Gasteiger partial charge in [0.05, 0.1) is 22.2 Å². The molecule has 0 aliphatic heterocycles. The Kier molecular flexibility index (Phi) is 5.33. The molecule has 1 heterocycles. The molecule has 0 unspecified atom stereocenters. The Morgan fingerprint density at radius 2 is 1.92 bits per heavy atom. The number of alkyl halides is 3. The van der Waals surface area contributed by atoms with E-state index in [0.717, 1.165) is 17.7 Å². The van der Waals surface area contributed by atoms with Gasteiger partial charge in [-0.2, -0.15) is 13.2 Å². The van der Waals surface area contributed by atoms with Crippen molar-refractivity contribution in [1.29, 1.82) is 0 Å². The highest BCUT2D eigenvalue weighted by Crippen LogP contribution is 2.33. The highest BCUT2D eigenvalue weighted by molar-refractivity contribution is 7.18. The van der Waals surface area contributed by atoms with Crippen molar-refractivity contribution < 1.29 is 22.7 Å². The first kappa shape index (κ1) is 18.5. The lowest BCUT2D eigenvalue weighted by Crippen LogP contribution is -2.14. The second-order valence-electron chi connectivity index (χ2n) is 5.41. The third kappa shape index (κ3) is 4.44. The Labute approximate surface area is 155 Å². The minimum Gasteiger partial charge on any atom is -0.486 e. The van der Waals surface area contributed by atoms with Gasteiger partial charge in [0, 0.05) is 11.8 Å². The molecule has 0 bridgehead atoms. The fourth-order valence-electron chi connectivity index (χ4n) is 2.28. The van der Waals surface area contributed by atoms with Gasteiger partial charge in [-0.25, -0.2) is 4.98 Å². The van der Waals surface area contributed by atoms with Gasteiger partial charge in [0.2, 0.25) is 5.91 Å². The third-order valence-electron chi connectivity index (χ3n) is 3.51. The average molecular weight is 401 g/mol. The number of carbonyl (C=O) groups excluding carboxylic acids is 1. The molecule has 0 saturated carbocycles. The number of aromatic nitrogens is 1. The number of halogens is 4. The summed E-state index contributed by atoms with van der Waals surface area (Å²) in [5.74, 6) is 0.253. The molecule has 0 atom stereocenters. The van der Waals surface area contributed by atoms with Crippen molar-refractivity contribution in [3.05, 3.63) is 58.6 Å². The van der Waals surface area contributed by atoms with Crippen LogP contribution < -0.4 is 9.57 Å². The van der Waals surface area contributed by atoms with E-state index >= 15 is 0 Å². The molecule has 0 aliphatic rings. The minimum atomic E-state index is -4.39. The highest BCUT2D eigenvalue weighted by atomic mass is 35.5. The Morgan fingerprint density at radius 1 is 1.19 bits per heavy atom. The molecule has 0 aliphatic carbocycles. The van der Waals surface area contributed by atoms with Crippen LogP contribution in [-0.4, -0.2) is 10.9 Å². The van der Waals surface area contributed by atoms with Gasteiger partial charge >= 0.3 is 6.18 Å². The van der Waals surface area contributed by atoms with E-state index in [1.165, 1.54) is 17.4 Å². The summed E-state index contributed by atoms with van der Waals surface area (Å²) in [5, 5.41) is 0.574. The molecule has 9 heteroatoms. The standard InChI is InChI=1S/C17H12ClF3N2O2S/c18-23-15(24)7-10-1-4-12(5-2-10)25-9-16-22-13-8-11(17(19,20)21)3-6-14(13)26-16/h1-6,8H,7,9H2,(H,23,24). The quantitative estimate of drug-likeness (QED) is 0.631. The molecule has 3 aromatic rings. The van der Waals surface area contributed by atoms with Crippen LogP contribution in [0.15, 0.2) is 42.5 Å². The second-order valence-corrected chi connectivity index (χ2v) is 6.72. The lowest BCUT2D eigenvalue weighted by atomic mass is 10.1. The number of hydrogen-bond acceptors (Lipinski definition) is 4. The number of nitrogens with one attached hydrogen (secondary N) is 1. The van der Waals surface area contributed by atoms with Crippen LogP contribution in [0.5, 0.6) is 5.75 Å². The van der Waals surface area contributed by atoms with Crippen molar-refractivity contribution in [3.8, 4) is 5.75 Å². The molecule has 2 aromatic carbocycles. The van der Waals surface area contributed by atoms with E-state index in [1.54, 1.807) is 24.3 Å². The van der Waals surface area contributed by atoms with Crippen molar-refractivity contribution in [3.63, 3.8) is 0 Å². The largest absolute Gasteiger partial charge is 0.486 e. The molecule has 136 valence electrons. The second kappa shape index (κ2) is 7.51. The zero-order valence-electron chi connectivity index (χ0n) is 13.1. The van der Waals surface area contributed by atoms with E-state index in [-0.39, 0.29) is 18.9 Å².